The van der Waals surface area contributed by atoms with E-state index in [1.54, 1.807) is 0 Å². The molecule has 2 N–H and O–H groups in total. The molecule has 1 amide bonds. The fraction of sp³-hybridized carbons (Fsp3) is 0.923. The molecular formula is C13H28ClN3O. The van der Waals surface area contributed by atoms with E-state index in [4.69, 9.17) is 0 Å². The van der Waals surface area contributed by atoms with Crippen LogP contribution in [0.5, 0.6) is 0 Å². The van der Waals surface area contributed by atoms with Crippen LogP contribution in [0.15, 0.2) is 0 Å². The smallest absolute Gasteiger partial charge is 0.234 e. The first-order chi connectivity index (χ1) is 7.88. The molecule has 0 aromatic rings. The number of nitrogens with zero attached hydrogens (tertiary/aromatic N) is 1. The lowest BCUT2D eigenvalue weighted by Crippen LogP contribution is -2.52. The maximum Gasteiger partial charge on any atom is 0.234 e. The fourth-order valence-electron chi connectivity index (χ4n) is 1.94. The molecule has 1 aliphatic rings. The topological polar surface area (TPSA) is 44.4 Å². The number of amides is 1. The molecule has 1 atom stereocenters. The molecule has 4 nitrogen and oxygen atoms in total. The number of rotatable bonds is 4. The average Bonchev–Trinajstić information content (AvgIpc) is 2.19. The van der Waals surface area contributed by atoms with Gasteiger partial charge in [0, 0.05) is 32.2 Å². The van der Waals surface area contributed by atoms with Crippen molar-refractivity contribution in [2.75, 3.05) is 32.7 Å². The van der Waals surface area contributed by atoms with Crippen LogP contribution >= 0.6 is 12.4 Å². The highest BCUT2D eigenvalue weighted by Gasteiger charge is 2.20. The Kier molecular flexibility index (Phi) is 7.83. The molecule has 0 aromatic carbocycles. The molecule has 0 bridgehead atoms. The molecule has 1 fully saturated rings. The highest BCUT2D eigenvalue weighted by molar-refractivity contribution is 5.85. The zero-order valence-electron chi connectivity index (χ0n) is 12.1. The van der Waals surface area contributed by atoms with Gasteiger partial charge in [-0.1, -0.05) is 20.8 Å². The standard InChI is InChI=1S/C13H27N3O.ClH/c1-11-9-14-7-8-16(11)10-12(17)15-6-5-13(2,3)4;/h11,14H,5-10H2,1-4H3,(H,15,17);1H/t11-;/m1./s1. The van der Waals surface area contributed by atoms with Crippen LogP contribution in [0, 0.1) is 5.41 Å². The summed E-state index contributed by atoms with van der Waals surface area (Å²) in [5.41, 5.74) is 0.287. The van der Waals surface area contributed by atoms with E-state index < -0.39 is 0 Å². The minimum Gasteiger partial charge on any atom is -0.355 e. The Bertz CT molecular complexity index is 253. The van der Waals surface area contributed by atoms with Gasteiger partial charge in [-0.05, 0) is 18.8 Å². The lowest BCUT2D eigenvalue weighted by Gasteiger charge is -2.33. The van der Waals surface area contributed by atoms with Gasteiger partial charge >= 0.3 is 0 Å². The molecule has 5 heteroatoms. The first kappa shape index (κ1) is 17.7. The highest BCUT2D eigenvalue weighted by Crippen LogP contribution is 2.16. The average molecular weight is 278 g/mol. The van der Waals surface area contributed by atoms with E-state index in [2.05, 4.69) is 43.2 Å². The van der Waals surface area contributed by atoms with Gasteiger partial charge in [-0.2, -0.15) is 0 Å². The van der Waals surface area contributed by atoms with Crippen molar-refractivity contribution in [2.45, 2.75) is 40.2 Å². The van der Waals surface area contributed by atoms with Crippen LogP contribution in [-0.4, -0.2) is 49.6 Å². The molecule has 0 aliphatic carbocycles. The molecule has 0 aromatic heterocycles. The van der Waals surface area contributed by atoms with E-state index in [-0.39, 0.29) is 23.7 Å². The number of nitrogens with one attached hydrogen (secondary N) is 2. The molecule has 0 saturated carbocycles. The minimum atomic E-state index is 0. The van der Waals surface area contributed by atoms with Crippen LogP contribution in [-0.2, 0) is 4.79 Å². The number of hydrogen-bond acceptors (Lipinski definition) is 3. The third-order valence-corrected chi connectivity index (χ3v) is 3.18. The second-order valence-corrected chi connectivity index (χ2v) is 6.18. The second kappa shape index (κ2) is 7.97. The number of hydrogen-bond donors (Lipinski definition) is 2. The molecule has 1 rings (SSSR count). The molecule has 1 aliphatic heterocycles. The van der Waals surface area contributed by atoms with Crippen molar-refractivity contribution < 1.29 is 4.79 Å². The van der Waals surface area contributed by atoms with Gasteiger partial charge in [0.2, 0.25) is 5.91 Å². The molecule has 0 radical (unpaired) electrons. The van der Waals surface area contributed by atoms with Crippen LogP contribution in [0.2, 0.25) is 0 Å². The van der Waals surface area contributed by atoms with Crippen molar-refractivity contribution in [3.05, 3.63) is 0 Å². The number of halogens is 1. The van der Waals surface area contributed by atoms with Crippen LogP contribution < -0.4 is 10.6 Å². The van der Waals surface area contributed by atoms with Crippen molar-refractivity contribution in [1.82, 2.24) is 15.5 Å². The maximum atomic E-state index is 11.8. The third-order valence-electron chi connectivity index (χ3n) is 3.18. The Morgan fingerprint density at radius 1 is 1.44 bits per heavy atom. The van der Waals surface area contributed by atoms with Gasteiger partial charge in [-0.25, -0.2) is 0 Å². The third kappa shape index (κ3) is 7.19. The minimum absolute atomic E-state index is 0. The summed E-state index contributed by atoms with van der Waals surface area (Å²) >= 11 is 0. The Balaban J connectivity index is 0.00000289. The lowest BCUT2D eigenvalue weighted by atomic mass is 9.92. The highest BCUT2D eigenvalue weighted by atomic mass is 35.5. The number of carbonyl (C=O) groups excluding carboxylic acids is 1. The van der Waals surface area contributed by atoms with Crippen LogP contribution in [0.25, 0.3) is 0 Å². The van der Waals surface area contributed by atoms with Crippen LogP contribution in [0.1, 0.15) is 34.1 Å². The van der Waals surface area contributed by atoms with Gasteiger partial charge < -0.3 is 10.6 Å². The van der Waals surface area contributed by atoms with Gasteiger partial charge in [0.05, 0.1) is 6.54 Å². The zero-order chi connectivity index (χ0) is 12.9. The summed E-state index contributed by atoms with van der Waals surface area (Å²) in [7, 11) is 0. The Hall–Kier alpha value is -0.320. The van der Waals surface area contributed by atoms with E-state index in [0.717, 1.165) is 32.6 Å². The van der Waals surface area contributed by atoms with Gasteiger partial charge in [-0.15, -0.1) is 12.4 Å². The van der Waals surface area contributed by atoms with Gasteiger partial charge in [0.25, 0.3) is 0 Å². The van der Waals surface area contributed by atoms with E-state index >= 15 is 0 Å². The molecular weight excluding hydrogens is 250 g/mol. The zero-order valence-corrected chi connectivity index (χ0v) is 12.9. The van der Waals surface area contributed by atoms with Gasteiger partial charge in [-0.3, -0.25) is 9.69 Å². The van der Waals surface area contributed by atoms with Crippen LogP contribution in [0.4, 0.5) is 0 Å². The molecule has 0 spiro atoms. The lowest BCUT2D eigenvalue weighted by molar-refractivity contribution is -0.123. The first-order valence-corrected chi connectivity index (χ1v) is 6.60. The van der Waals surface area contributed by atoms with Crippen molar-refractivity contribution in [3.8, 4) is 0 Å². The van der Waals surface area contributed by atoms with Crippen molar-refractivity contribution in [3.63, 3.8) is 0 Å². The SMILES string of the molecule is C[C@@H]1CNCCN1CC(=O)NCCC(C)(C)C.Cl. The van der Waals surface area contributed by atoms with E-state index in [1.165, 1.54) is 0 Å². The quantitative estimate of drug-likeness (QED) is 0.813. The van der Waals surface area contributed by atoms with Gasteiger partial charge in [0.1, 0.15) is 0 Å². The predicted octanol–water partition coefficient (Wildman–Crippen LogP) is 1.25. The second-order valence-electron chi connectivity index (χ2n) is 6.18. The summed E-state index contributed by atoms with van der Waals surface area (Å²) in [6.45, 7) is 13.0. The predicted molar refractivity (Wildman–Crippen MR) is 78.2 cm³/mol. The van der Waals surface area contributed by atoms with Crippen LogP contribution in [0.3, 0.4) is 0 Å². The molecule has 108 valence electrons. The summed E-state index contributed by atoms with van der Waals surface area (Å²) < 4.78 is 0. The van der Waals surface area contributed by atoms with E-state index in [0.29, 0.717) is 12.6 Å². The van der Waals surface area contributed by atoms with E-state index in [9.17, 15) is 4.79 Å². The Morgan fingerprint density at radius 2 is 2.11 bits per heavy atom. The van der Waals surface area contributed by atoms with E-state index in [1.807, 2.05) is 0 Å². The Morgan fingerprint density at radius 3 is 2.67 bits per heavy atom. The van der Waals surface area contributed by atoms with Crippen molar-refractivity contribution in [2.24, 2.45) is 5.41 Å². The molecule has 1 heterocycles. The normalized spacial score (nSPS) is 21.2. The summed E-state index contributed by atoms with van der Waals surface area (Å²) in [5, 5.41) is 6.33. The maximum absolute atomic E-state index is 11.8. The Labute approximate surface area is 117 Å². The summed E-state index contributed by atoms with van der Waals surface area (Å²) in [5.74, 6) is 0.156. The van der Waals surface area contributed by atoms with Gasteiger partial charge in [0.15, 0.2) is 0 Å². The largest absolute Gasteiger partial charge is 0.355 e. The number of carbonyl (C=O) groups is 1. The molecule has 1 saturated heterocycles. The monoisotopic (exact) mass is 277 g/mol. The molecule has 0 unspecified atom stereocenters. The molecule has 18 heavy (non-hydrogen) atoms. The fourth-order valence-corrected chi connectivity index (χ4v) is 1.94. The summed E-state index contributed by atoms with van der Waals surface area (Å²) in [6.07, 6.45) is 1.02. The first-order valence-electron chi connectivity index (χ1n) is 6.60. The van der Waals surface area contributed by atoms with Crippen molar-refractivity contribution >= 4 is 18.3 Å². The summed E-state index contributed by atoms with van der Waals surface area (Å²) in [4.78, 5) is 14.0. The summed E-state index contributed by atoms with van der Waals surface area (Å²) in [6, 6.07) is 0.456. The number of piperazine rings is 1. The van der Waals surface area contributed by atoms with Crippen molar-refractivity contribution in [1.29, 1.82) is 0 Å².